The van der Waals surface area contributed by atoms with Crippen molar-refractivity contribution in [3.05, 3.63) is 28.3 Å². The Morgan fingerprint density at radius 1 is 1.47 bits per heavy atom. The summed E-state index contributed by atoms with van der Waals surface area (Å²) < 4.78 is 0. The summed E-state index contributed by atoms with van der Waals surface area (Å²) >= 11 is 6.16. The number of nitriles is 1. The minimum Gasteiger partial charge on any atom is -0.508 e. The monoisotopic (exact) mass is 221 g/mol. The molecule has 0 amide bonds. The van der Waals surface area contributed by atoms with Crippen LogP contribution in [0.3, 0.4) is 0 Å². The summed E-state index contributed by atoms with van der Waals surface area (Å²) in [5.74, 6) is 0.145. The molecule has 1 aliphatic carbocycles. The second-order valence-electron chi connectivity index (χ2n) is 4.14. The molecule has 1 aromatic carbocycles. The van der Waals surface area contributed by atoms with Crippen LogP contribution in [-0.4, -0.2) is 5.11 Å². The molecule has 0 aromatic heterocycles. The lowest BCUT2D eigenvalue weighted by Crippen LogP contribution is -2.32. The quantitative estimate of drug-likeness (QED) is 0.791. The number of benzene rings is 1. The van der Waals surface area contributed by atoms with Crippen molar-refractivity contribution in [2.24, 2.45) is 0 Å². The van der Waals surface area contributed by atoms with Gasteiger partial charge in [0.05, 0.1) is 16.5 Å². The fraction of sp³-hybridized carbons (Fsp3) is 0.417. The molecule has 3 heteroatoms. The van der Waals surface area contributed by atoms with Crippen molar-refractivity contribution < 1.29 is 5.11 Å². The Bertz CT molecular complexity index is 444. The van der Waals surface area contributed by atoms with Gasteiger partial charge in [0.25, 0.3) is 0 Å². The zero-order valence-electron chi connectivity index (χ0n) is 8.55. The second kappa shape index (κ2) is 3.43. The first-order valence-electron chi connectivity index (χ1n) is 5.00. The highest BCUT2D eigenvalue weighted by Crippen LogP contribution is 2.49. The third-order valence-corrected chi connectivity index (χ3v) is 3.70. The lowest BCUT2D eigenvalue weighted by molar-refractivity contribution is 0.311. The summed E-state index contributed by atoms with van der Waals surface area (Å²) in [5.41, 5.74) is 0.983. The van der Waals surface area contributed by atoms with Crippen molar-refractivity contribution in [1.29, 1.82) is 5.26 Å². The van der Waals surface area contributed by atoms with Gasteiger partial charge in [-0.25, -0.2) is 0 Å². The van der Waals surface area contributed by atoms with Gasteiger partial charge in [-0.15, -0.1) is 0 Å². The molecule has 0 atom stereocenters. The van der Waals surface area contributed by atoms with Crippen molar-refractivity contribution in [3.8, 4) is 11.8 Å². The molecule has 1 N–H and O–H groups in total. The highest BCUT2D eigenvalue weighted by Gasteiger charge is 2.42. The molecule has 0 aliphatic heterocycles. The Morgan fingerprint density at radius 3 is 2.60 bits per heavy atom. The van der Waals surface area contributed by atoms with Gasteiger partial charge in [0.2, 0.25) is 0 Å². The molecule has 0 saturated heterocycles. The van der Waals surface area contributed by atoms with Crippen molar-refractivity contribution >= 4 is 11.6 Å². The van der Waals surface area contributed by atoms with Gasteiger partial charge in [-0.2, -0.15) is 5.26 Å². The van der Waals surface area contributed by atoms with Gasteiger partial charge in [-0.3, -0.25) is 0 Å². The van der Waals surface area contributed by atoms with E-state index in [4.69, 9.17) is 11.6 Å². The zero-order chi connectivity index (χ0) is 11.1. The van der Waals surface area contributed by atoms with E-state index in [1.54, 1.807) is 12.1 Å². The molecular formula is C12H12ClNO. The Morgan fingerprint density at radius 2 is 2.13 bits per heavy atom. The van der Waals surface area contributed by atoms with Gasteiger partial charge in [0.15, 0.2) is 0 Å². The van der Waals surface area contributed by atoms with Crippen LogP contribution in [-0.2, 0) is 5.41 Å². The molecule has 1 fully saturated rings. The molecule has 2 rings (SSSR count). The van der Waals surface area contributed by atoms with E-state index in [1.165, 1.54) is 0 Å². The molecule has 15 heavy (non-hydrogen) atoms. The van der Waals surface area contributed by atoms with Crippen molar-refractivity contribution in [2.75, 3.05) is 0 Å². The smallest absolute Gasteiger partial charge is 0.121 e. The van der Waals surface area contributed by atoms with E-state index in [-0.39, 0.29) is 5.75 Å². The highest BCUT2D eigenvalue weighted by molar-refractivity contribution is 6.32. The summed E-state index contributed by atoms with van der Waals surface area (Å²) in [7, 11) is 0. The van der Waals surface area contributed by atoms with Crippen LogP contribution in [0.2, 0.25) is 5.02 Å². The maximum atomic E-state index is 9.81. The van der Waals surface area contributed by atoms with Gasteiger partial charge in [-0.1, -0.05) is 17.7 Å². The van der Waals surface area contributed by atoms with Crippen LogP contribution in [0.5, 0.6) is 5.75 Å². The van der Waals surface area contributed by atoms with Gasteiger partial charge in [-0.05, 0) is 37.8 Å². The number of aromatic hydroxyl groups is 1. The molecule has 78 valence electrons. The first-order chi connectivity index (χ1) is 7.10. The molecule has 1 aliphatic rings. The van der Waals surface area contributed by atoms with Gasteiger partial charge in [0.1, 0.15) is 5.75 Å². The van der Waals surface area contributed by atoms with Crippen LogP contribution in [0, 0.1) is 18.3 Å². The topological polar surface area (TPSA) is 44.0 Å². The Kier molecular flexibility index (Phi) is 2.36. The Balaban J connectivity index is 2.62. The van der Waals surface area contributed by atoms with Crippen LogP contribution in [0.4, 0.5) is 0 Å². The molecule has 2 nitrogen and oxygen atoms in total. The number of hydrogen-bond acceptors (Lipinski definition) is 2. The first-order valence-corrected chi connectivity index (χ1v) is 5.38. The number of phenolic OH excluding ortho intramolecular Hbond substituents is 1. The van der Waals surface area contributed by atoms with E-state index in [0.717, 1.165) is 24.8 Å². The summed E-state index contributed by atoms with van der Waals surface area (Å²) in [6.45, 7) is 1.88. The van der Waals surface area contributed by atoms with Gasteiger partial charge >= 0.3 is 0 Å². The minimum atomic E-state index is -0.548. The van der Waals surface area contributed by atoms with Gasteiger partial charge < -0.3 is 5.11 Å². The average molecular weight is 222 g/mol. The van der Waals surface area contributed by atoms with E-state index in [9.17, 15) is 10.4 Å². The third kappa shape index (κ3) is 1.39. The van der Waals surface area contributed by atoms with E-state index >= 15 is 0 Å². The van der Waals surface area contributed by atoms with Crippen LogP contribution in [0.25, 0.3) is 0 Å². The van der Waals surface area contributed by atoms with E-state index in [1.807, 2.05) is 6.92 Å². The predicted octanol–water partition coefficient (Wildman–Crippen LogP) is 3.30. The fourth-order valence-electron chi connectivity index (χ4n) is 2.07. The van der Waals surface area contributed by atoms with Crippen molar-refractivity contribution in [2.45, 2.75) is 31.6 Å². The maximum absolute atomic E-state index is 9.81. The maximum Gasteiger partial charge on any atom is 0.121 e. The fourth-order valence-corrected chi connectivity index (χ4v) is 2.41. The molecule has 0 heterocycles. The van der Waals surface area contributed by atoms with Crippen LogP contribution in [0.1, 0.15) is 30.4 Å². The zero-order valence-corrected chi connectivity index (χ0v) is 9.30. The number of aryl methyl sites for hydroxylation is 1. The number of nitrogens with zero attached hydrogens (tertiary/aromatic N) is 1. The molecule has 1 saturated carbocycles. The number of phenols is 1. The largest absolute Gasteiger partial charge is 0.508 e. The molecule has 0 bridgehead atoms. The van der Waals surface area contributed by atoms with E-state index < -0.39 is 5.41 Å². The lowest BCUT2D eigenvalue weighted by Gasteiger charge is -2.36. The van der Waals surface area contributed by atoms with Crippen molar-refractivity contribution in [3.63, 3.8) is 0 Å². The van der Waals surface area contributed by atoms with Gasteiger partial charge in [0, 0.05) is 5.56 Å². The second-order valence-corrected chi connectivity index (χ2v) is 4.52. The summed E-state index contributed by atoms with van der Waals surface area (Å²) in [6.07, 6.45) is 2.61. The Hall–Kier alpha value is -1.20. The lowest BCUT2D eigenvalue weighted by atomic mass is 9.65. The van der Waals surface area contributed by atoms with Crippen LogP contribution in [0.15, 0.2) is 12.1 Å². The van der Waals surface area contributed by atoms with E-state index in [2.05, 4.69) is 6.07 Å². The van der Waals surface area contributed by atoms with Crippen LogP contribution < -0.4 is 0 Å². The molecule has 0 unspecified atom stereocenters. The normalized spacial score (nSPS) is 17.9. The van der Waals surface area contributed by atoms with E-state index in [0.29, 0.717) is 10.6 Å². The summed E-state index contributed by atoms with van der Waals surface area (Å²) in [4.78, 5) is 0. The first kappa shape index (κ1) is 10.3. The summed E-state index contributed by atoms with van der Waals surface area (Å²) in [5, 5.41) is 19.6. The standard InChI is InChI=1S/C12H12ClNO/c1-8-3-4-9(15)10(11(8)13)12(7-14)5-2-6-12/h3-4,15H,2,5-6H2,1H3. The average Bonchev–Trinajstić information content (AvgIpc) is 2.16. The minimum absolute atomic E-state index is 0.145. The summed E-state index contributed by atoms with van der Waals surface area (Å²) in [6, 6.07) is 5.68. The van der Waals surface area contributed by atoms with Crippen molar-refractivity contribution in [1.82, 2.24) is 0 Å². The van der Waals surface area contributed by atoms with Crippen LogP contribution >= 0.6 is 11.6 Å². The number of rotatable bonds is 1. The Labute approximate surface area is 94.1 Å². The number of hydrogen-bond donors (Lipinski definition) is 1. The molecular weight excluding hydrogens is 210 g/mol. The SMILES string of the molecule is Cc1ccc(O)c(C2(C#N)CCC2)c1Cl. The number of halogens is 1. The molecule has 1 aromatic rings. The predicted molar refractivity (Wildman–Crippen MR) is 59.0 cm³/mol. The molecule has 0 radical (unpaired) electrons. The third-order valence-electron chi connectivity index (χ3n) is 3.21. The molecule has 0 spiro atoms. The highest BCUT2D eigenvalue weighted by atomic mass is 35.5.